The Bertz CT molecular complexity index is 1700. The number of esters is 1. The lowest BCUT2D eigenvalue weighted by atomic mass is 9.99. The van der Waals surface area contributed by atoms with Crippen LogP contribution in [0.5, 0.6) is 23.0 Å². The fourth-order valence-corrected chi connectivity index (χ4v) is 4.62. The zero-order chi connectivity index (χ0) is 30.7. The third kappa shape index (κ3) is 6.17. The minimum absolute atomic E-state index is 0.0172. The van der Waals surface area contributed by atoms with Crippen LogP contribution < -0.4 is 14.9 Å². The number of aliphatic hydroxyl groups is 3. The molecule has 0 amide bonds. The Balaban J connectivity index is 1.40. The van der Waals surface area contributed by atoms with Crippen molar-refractivity contribution in [2.75, 3.05) is 13.7 Å². The van der Waals surface area contributed by atoms with Gasteiger partial charge in [-0.1, -0.05) is 36.4 Å². The number of methoxy groups -OCH3 is 1. The van der Waals surface area contributed by atoms with Crippen LogP contribution in [0.4, 0.5) is 0 Å². The molecule has 43 heavy (non-hydrogen) atoms. The predicted octanol–water partition coefficient (Wildman–Crippen LogP) is 2.32. The number of ether oxygens (including phenoxy) is 4. The molecule has 1 aliphatic heterocycles. The van der Waals surface area contributed by atoms with E-state index in [9.17, 15) is 35.1 Å². The molecular weight excluding hydrogens is 564 g/mol. The van der Waals surface area contributed by atoms with Gasteiger partial charge >= 0.3 is 5.97 Å². The second kappa shape index (κ2) is 12.5. The van der Waals surface area contributed by atoms with Gasteiger partial charge in [-0.2, -0.15) is 0 Å². The fourth-order valence-electron chi connectivity index (χ4n) is 4.62. The summed E-state index contributed by atoms with van der Waals surface area (Å²) in [4.78, 5) is 25.8. The summed E-state index contributed by atoms with van der Waals surface area (Å²) in [6.07, 6.45) is -4.10. The van der Waals surface area contributed by atoms with Gasteiger partial charge in [0.25, 0.3) is 0 Å². The number of carbonyl (C=O) groups excluding carboxylic acids is 1. The van der Waals surface area contributed by atoms with E-state index in [-0.39, 0.29) is 39.3 Å². The quantitative estimate of drug-likeness (QED) is 0.149. The largest absolute Gasteiger partial charge is 0.507 e. The molecule has 0 saturated carbocycles. The maximum atomic E-state index is 13.3. The predicted molar refractivity (Wildman–Crippen MR) is 152 cm³/mol. The Hall–Kier alpha value is -4.88. The Morgan fingerprint density at radius 1 is 1.00 bits per heavy atom. The van der Waals surface area contributed by atoms with E-state index >= 15 is 0 Å². The van der Waals surface area contributed by atoms with Crippen molar-refractivity contribution in [3.63, 3.8) is 0 Å². The van der Waals surface area contributed by atoms with E-state index in [0.717, 1.165) is 6.08 Å². The summed E-state index contributed by atoms with van der Waals surface area (Å²) in [7, 11) is 1.40. The normalized spacial score (nSPS) is 22.0. The molecule has 0 spiro atoms. The number of benzene rings is 3. The van der Waals surface area contributed by atoms with Crippen molar-refractivity contribution in [3.05, 3.63) is 88.8 Å². The molecule has 224 valence electrons. The number of phenolic OH excluding ortho intramolecular Hbond substituents is 2. The van der Waals surface area contributed by atoms with Crippen molar-refractivity contribution >= 4 is 23.0 Å². The van der Waals surface area contributed by atoms with Gasteiger partial charge in [0, 0.05) is 18.2 Å². The maximum absolute atomic E-state index is 13.3. The first kappa shape index (κ1) is 29.6. The molecule has 0 radical (unpaired) electrons. The van der Waals surface area contributed by atoms with Gasteiger partial charge in [0.05, 0.1) is 19.3 Å². The van der Waals surface area contributed by atoms with Gasteiger partial charge < -0.3 is 48.9 Å². The van der Waals surface area contributed by atoms with Gasteiger partial charge in [0.15, 0.2) is 23.7 Å². The zero-order valence-corrected chi connectivity index (χ0v) is 22.7. The molecule has 2 heterocycles. The Morgan fingerprint density at radius 2 is 1.77 bits per heavy atom. The first-order chi connectivity index (χ1) is 20.7. The minimum Gasteiger partial charge on any atom is -0.507 e. The molecule has 1 aliphatic rings. The van der Waals surface area contributed by atoms with Gasteiger partial charge in [0.2, 0.25) is 11.7 Å². The summed E-state index contributed by atoms with van der Waals surface area (Å²) >= 11 is 0. The Kier molecular flexibility index (Phi) is 8.64. The highest BCUT2D eigenvalue weighted by molar-refractivity contribution is 5.88. The summed E-state index contributed by atoms with van der Waals surface area (Å²) in [6.45, 7) is -0.708. The topological polar surface area (TPSA) is 185 Å². The summed E-state index contributed by atoms with van der Waals surface area (Å²) < 4.78 is 27.2. The monoisotopic (exact) mass is 592 g/mol. The lowest BCUT2D eigenvalue weighted by molar-refractivity contribution is -0.280. The average molecular weight is 593 g/mol. The summed E-state index contributed by atoms with van der Waals surface area (Å²) in [5.74, 6) is -1.59. The van der Waals surface area contributed by atoms with Crippen LogP contribution in [0.3, 0.4) is 0 Å². The second-order valence-corrected chi connectivity index (χ2v) is 9.65. The molecule has 0 bridgehead atoms. The van der Waals surface area contributed by atoms with Crippen molar-refractivity contribution < 1.29 is 53.7 Å². The highest BCUT2D eigenvalue weighted by Gasteiger charge is 2.48. The van der Waals surface area contributed by atoms with E-state index in [2.05, 4.69) is 0 Å². The van der Waals surface area contributed by atoms with Gasteiger partial charge in [-0.15, -0.1) is 0 Å². The second-order valence-electron chi connectivity index (χ2n) is 9.65. The zero-order valence-electron chi connectivity index (χ0n) is 22.7. The summed E-state index contributed by atoms with van der Waals surface area (Å²) in [5, 5.41) is 52.1. The van der Waals surface area contributed by atoms with Gasteiger partial charge in [0.1, 0.15) is 40.9 Å². The molecular formula is C31H28O12. The number of hydrogen-bond acceptors (Lipinski definition) is 12. The highest BCUT2D eigenvalue weighted by atomic mass is 16.7. The van der Waals surface area contributed by atoms with Gasteiger partial charge in [-0.05, 0) is 29.3 Å². The van der Waals surface area contributed by atoms with E-state index in [1.165, 1.54) is 49.8 Å². The molecule has 5 atom stereocenters. The molecule has 4 aromatic rings. The number of aromatic hydroxyl groups is 2. The Morgan fingerprint density at radius 3 is 2.49 bits per heavy atom. The number of aliphatic hydroxyl groups excluding tert-OH is 3. The first-order valence-corrected chi connectivity index (χ1v) is 13.1. The van der Waals surface area contributed by atoms with Crippen LogP contribution >= 0.6 is 0 Å². The SMILES string of the molecule is COc1cc(O)c2c(=O)c(-c3ccc(O)c(O[C@@H]4O[C@H](CO)[C@@H](O)[C@H](OC(=O)/C=C/c5ccccc5)[C@H]4O)c3)coc2c1. The Labute approximate surface area is 244 Å². The lowest BCUT2D eigenvalue weighted by Gasteiger charge is -2.41. The van der Waals surface area contributed by atoms with Crippen molar-refractivity contribution in [2.45, 2.75) is 30.7 Å². The van der Waals surface area contributed by atoms with E-state index in [0.29, 0.717) is 5.56 Å². The van der Waals surface area contributed by atoms with E-state index < -0.39 is 54.5 Å². The van der Waals surface area contributed by atoms with E-state index in [1.807, 2.05) is 6.07 Å². The minimum atomic E-state index is -1.76. The third-order valence-electron chi connectivity index (χ3n) is 6.87. The molecule has 12 heteroatoms. The molecule has 0 aliphatic carbocycles. The number of rotatable bonds is 8. The standard InChI is InChI=1S/C31H28O12/c1-39-18-12-21(34)26-23(13-18)40-15-19(27(26)36)17-8-9-20(33)22(11-17)41-31-29(38)30(28(37)24(14-32)42-31)43-25(35)10-7-16-5-3-2-4-6-16/h2-13,15,24,28-34,37-38H,14H2,1H3/b10-7+/t24-,28-,29-,30+,31-/m1/s1. The number of hydrogen-bond donors (Lipinski definition) is 5. The van der Waals surface area contributed by atoms with Crippen molar-refractivity contribution in [3.8, 4) is 34.1 Å². The van der Waals surface area contributed by atoms with Crippen molar-refractivity contribution in [1.82, 2.24) is 0 Å². The molecule has 1 fully saturated rings. The highest BCUT2D eigenvalue weighted by Crippen LogP contribution is 2.36. The fraction of sp³-hybridized carbons (Fsp3) is 0.226. The summed E-state index contributed by atoms with van der Waals surface area (Å²) in [5.41, 5.74) is 0.464. The molecule has 1 aromatic heterocycles. The van der Waals surface area contributed by atoms with Gasteiger partial charge in [-0.25, -0.2) is 4.79 Å². The van der Waals surface area contributed by atoms with Crippen molar-refractivity contribution in [1.29, 1.82) is 0 Å². The average Bonchev–Trinajstić information content (AvgIpc) is 3.01. The van der Waals surface area contributed by atoms with Crippen LogP contribution in [0.25, 0.3) is 28.2 Å². The number of carbonyl (C=O) groups is 1. The molecule has 5 N–H and O–H groups in total. The molecule has 3 aromatic carbocycles. The van der Waals surface area contributed by atoms with Crippen LogP contribution in [-0.2, 0) is 14.3 Å². The molecule has 0 unspecified atom stereocenters. The van der Waals surface area contributed by atoms with E-state index in [1.54, 1.807) is 24.3 Å². The van der Waals surface area contributed by atoms with Crippen molar-refractivity contribution in [2.24, 2.45) is 0 Å². The molecule has 5 rings (SSSR count). The van der Waals surface area contributed by atoms with Crippen LogP contribution in [0.1, 0.15) is 5.56 Å². The van der Waals surface area contributed by atoms with E-state index in [4.69, 9.17) is 23.4 Å². The third-order valence-corrected chi connectivity index (χ3v) is 6.87. The molecule has 1 saturated heterocycles. The van der Waals surface area contributed by atoms with Crippen LogP contribution in [-0.4, -0.2) is 75.9 Å². The maximum Gasteiger partial charge on any atom is 0.331 e. The number of phenols is 2. The van der Waals surface area contributed by atoms with Crippen LogP contribution in [0.2, 0.25) is 0 Å². The van der Waals surface area contributed by atoms with Gasteiger partial charge in [-0.3, -0.25) is 4.79 Å². The first-order valence-electron chi connectivity index (χ1n) is 13.1. The number of fused-ring (bicyclic) bond motifs is 1. The smallest absolute Gasteiger partial charge is 0.331 e. The molecule has 12 nitrogen and oxygen atoms in total. The lowest BCUT2D eigenvalue weighted by Crippen LogP contribution is -2.61. The summed E-state index contributed by atoms with van der Waals surface area (Å²) in [6, 6.07) is 15.5. The van der Waals surface area contributed by atoms with Crippen LogP contribution in [0.15, 0.2) is 82.2 Å². The van der Waals surface area contributed by atoms with Crippen LogP contribution in [0, 0.1) is 0 Å².